The summed E-state index contributed by atoms with van der Waals surface area (Å²) in [7, 11) is 0. The van der Waals surface area contributed by atoms with Crippen molar-refractivity contribution in [3.63, 3.8) is 0 Å². The maximum absolute atomic E-state index is 11.6. The van der Waals surface area contributed by atoms with Crippen LogP contribution in [0.1, 0.15) is 17.3 Å². The minimum Gasteiger partial charge on any atom is -0.505 e. The number of rotatable bonds is 6. The average Bonchev–Trinajstić information content (AvgIpc) is 2.38. The van der Waals surface area contributed by atoms with E-state index < -0.39 is 23.2 Å². The van der Waals surface area contributed by atoms with Crippen LogP contribution in [0.5, 0.6) is 5.75 Å². The Kier molecular flexibility index (Phi) is 5.92. The van der Waals surface area contributed by atoms with E-state index in [1.165, 1.54) is 30.0 Å². The lowest BCUT2D eigenvalue weighted by Crippen LogP contribution is -2.18. The van der Waals surface area contributed by atoms with Gasteiger partial charge in [0.2, 0.25) is 0 Å². The van der Waals surface area contributed by atoms with Crippen molar-refractivity contribution in [2.75, 3.05) is 11.1 Å². The number of hydrogen-bond acceptors (Lipinski definition) is 5. The average molecular weight is 297 g/mol. The first-order valence-corrected chi connectivity index (χ1v) is 6.76. The molecule has 1 atom stereocenters. The van der Waals surface area contributed by atoms with E-state index in [-0.39, 0.29) is 11.3 Å². The van der Waals surface area contributed by atoms with Gasteiger partial charge in [-0.25, -0.2) is 9.59 Å². The Morgan fingerprint density at radius 1 is 1.55 bits per heavy atom. The molecule has 1 unspecified atom stereocenters. The summed E-state index contributed by atoms with van der Waals surface area (Å²) in [5.41, 5.74) is -0.703. The van der Waals surface area contributed by atoms with Crippen molar-refractivity contribution in [3.8, 4) is 5.75 Å². The first kappa shape index (κ1) is 15.9. The van der Waals surface area contributed by atoms with Gasteiger partial charge < -0.3 is 14.9 Å². The van der Waals surface area contributed by atoms with E-state index in [0.717, 1.165) is 0 Å². The lowest BCUT2D eigenvalue weighted by Gasteiger charge is -2.13. The Morgan fingerprint density at radius 3 is 2.85 bits per heavy atom. The zero-order chi connectivity index (χ0) is 15.1. The third-order valence-corrected chi connectivity index (χ3v) is 3.22. The molecule has 3 N–H and O–H groups in total. The lowest BCUT2D eigenvalue weighted by molar-refractivity contribution is 0.0693. The molecule has 1 amide bonds. The van der Waals surface area contributed by atoms with Gasteiger partial charge in [-0.05, 0) is 19.1 Å². The van der Waals surface area contributed by atoms with Crippen LogP contribution in [0, 0.1) is 0 Å². The second kappa shape index (κ2) is 7.44. The number of nitrogens with one attached hydrogen (secondary N) is 1. The lowest BCUT2D eigenvalue weighted by atomic mass is 10.2. The number of carboxylic acid groups (broad SMARTS) is 1. The molecule has 1 rings (SSSR count). The molecule has 108 valence electrons. The van der Waals surface area contributed by atoms with Crippen LogP contribution in [-0.4, -0.2) is 33.5 Å². The summed E-state index contributed by atoms with van der Waals surface area (Å²) in [6.07, 6.45) is 0.914. The van der Waals surface area contributed by atoms with E-state index in [1.54, 1.807) is 13.0 Å². The van der Waals surface area contributed by atoms with E-state index in [2.05, 4.69) is 11.9 Å². The van der Waals surface area contributed by atoms with Crippen LogP contribution < -0.4 is 5.32 Å². The van der Waals surface area contributed by atoms with Crippen LogP contribution in [0.3, 0.4) is 0 Å². The number of benzene rings is 1. The van der Waals surface area contributed by atoms with Crippen LogP contribution in [0.2, 0.25) is 0 Å². The summed E-state index contributed by atoms with van der Waals surface area (Å²) in [6.45, 7) is 5.25. The fourth-order valence-electron chi connectivity index (χ4n) is 1.34. The van der Waals surface area contributed by atoms with Gasteiger partial charge in [0.25, 0.3) is 0 Å². The van der Waals surface area contributed by atoms with Crippen molar-refractivity contribution in [3.05, 3.63) is 36.4 Å². The monoisotopic (exact) mass is 297 g/mol. The molecule has 0 saturated heterocycles. The molecule has 0 fully saturated rings. The predicted octanol–water partition coefficient (Wildman–Crippen LogP) is 2.90. The summed E-state index contributed by atoms with van der Waals surface area (Å²) in [4.78, 5) is 22.4. The molecule has 1 aromatic rings. The number of aromatic hydroxyl groups is 1. The SMILES string of the molecule is C=CCSC(C)OC(=O)Nc1cccc(C(=O)O)c1O. The molecule has 0 aliphatic rings. The van der Waals surface area contributed by atoms with Gasteiger partial charge in [0.1, 0.15) is 11.0 Å². The third-order valence-electron chi connectivity index (χ3n) is 2.22. The van der Waals surface area contributed by atoms with Crippen LogP contribution in [-0.2, 0) is 4.74 Å². The first-order chi connectivity index (χ1) is 9.45. The summed E-state index contributed by atoms with van der Waals surface area (Å²) in [5.74, 6) is -1.16. The van der Waals surface area contributed by atoms with E-state index in [4.69, 9.17) is 9.84 Å². The topological polar surface area (TPSA) is 95.9 Å². The maximum atomic E-state index is 11.6. The molecule has 0 spiro atoms. The Hall–Kier alpha value is -2.15. The number of anilines is 1. The molecule has 1 aromatic carbocycles. The van der Waals surface area contributed by atoms with Crippen LogP contribution in [0.4, 0.5) is 10.5 Å². The number of carbonyl (C=O) groups is 2. The standard InChI is InChI=1S/C13H15NO5S/c1-3-7-20-8(2)19-13(18)14-10-6-4-5-9(11(10)15)12(16)17/h3-6,8,15H,1,7H2,2H3,(H,14,18)(H,16,17). The molecule has 0 radical (unpaired) electrons. The van der Waals surface area contributed by atoms with Crippen molar-refractivity contribution in [2.45, 2.75) is 12.4 Å². The molecule has 0 heterocycles. The molecule has 0 aliphatic carbocycles. The number of carboxylic acids is 1. The Labute approximate surface area is 120 Å². The first-order valence-electron chi connectivity index (χ1n) is 5.71. The van der Waals surface area contributed by atoms with Gasteiger partial charge in [-0.2, -0.15) is 0 Å². The normalized spacial score (nSPS) is 11.4. The Morgan fingerprint density at radius 2 is 2.25 bits per heavy atom. The molecule has 0 aromatic heterocycles. The van der Waals surface area contributed by atoms with Gasteiger partial charge in [0, 0.05) is 5.75 Å². The maximum Gasteiger partial charge on any atom is 0.412 e. The highest BCUT2D eigenvalue weighted by Crippen LogP contribution is 2.27. The highest BCUT2D eigenvalue weighted by molar-refractivity contribution is 7.99. The Balaban J connectivity index is 2.69. The quantitative estimate of drug-likeness (QED) is 0.424. The highest BCUT2D eigenvalue weighted by Gasteiger charge is 2.16. The summed E-state index contributed by atoms with van der Waals surface area (Å²) < 4.78 is 5.02. The molecule has 0 bridgehead atoms. The van der Waals surface area contributed by atoms with Crippen LogP contribution in [0.15, 0.2) is 30.9 Å². The van der Waals surface area contributed by atoms with Crippen molar-refractivity contribution < 1.29 is 24.5 Å². The van der Waals surface area contributed by atoms with E-state index in [9.17, 15) is 14.7 Å². The zero-order valence-electron chi connectivity index (χ0n) is 10.8. The number of thioether (sulfide) groups is 1. The Bertz CT molecular complexity index is 517. The van der Waals surface area contributed by atoms with Gasteiger partial charge in [-0.3, -0.25) is 5.32 Å². The van der Waals surface area contributed by atoms with Crippen LogP contribution >= 0.6 is 11.8 Å². The minimum atomic E-state index is -1.28. The number of para-hydroxylation sites is 1. The molecule has 20 heavy (non-hydrogen) atoms. The largest absolute Gasteiger partial charge is 0.505 e. The number of ether oxygens (including phenoxy) is 1. The van der Waals surface area contributed by atoms with Gasteiger partial charge in [0.05, 0.1) is 5.69 Å². The minimum absolute atomic E-state index is 0.0178. The van der Waals surface area contributed by atoms with E-state index in [1.807, 2.05) is 0 Å². The number of aromatic carboxylic acids is 1. The number of carbonyl (C=O) groups excluding carboxylic acids is 1. The third kappa shape index (κ3) is 4.51. The van der Waals surface area contributed by atoms with Crippen molar-refractivity contribution >= 4 is 29.5 Å². The van der Waals surface area contributed by atoms with Crippen LogP contribution in [0.25, 0.3) is 0 Å². The predicted molar refractivity (Wildman–Crippen MR) is 77.3 cm³/mol. The number of amides is 1. The smallest absolute Gasteiger partial charge is 0.412 e. The zero-order valence-corrected chi connectivity index (χ0v) is 11.6. The molecule has 0 saturated carbocycles. The van der Waals surface area contributed by atoms with Gasteiger partial charge in [0.15, 0.2) is 5.75 Å². The van der Waals surface area contributed by atoms with Crippen molar-refractivity contribution in [1.82, 2.24) is 0 Å². The molecule has 7 heteroatoms. The van der Waals surface area contributed by atoms with E-state index in [0.29, 0.717) is 5.75 Å². The van der Waals surface area contributed by atoms with Gasteiger partial charge in [-0.1, -0.05) is 12.1 Å². The van der Waals surface area contributed by atoms with Crippen molar-refractivity contribution in [2.24, 2.45) is 0 Å². The molecular formula is C13H15NO5S. The number of hydrogen-bond donors (Lipinski definition) is 3. The van der Waals surface area contributed by atoms with Gasteiger partial charge in [-0.15, -0.1) is 18.3 Å². The second-order valence-corrected chi connectivity index (χ2v) is 5.06. The molecule has 6 nitrogen and oxygen atoms in total. The van der Waals surface area contributed by atoms with Crippen molar-refractivity contribution in [1.29, 1.82) is 0 Å². The summed E-state index contributed by atoms with van der Waals surface area (Å²) >= 11 is 1.37. The fourth-order valence-corrected chi connectivity index (χ4v) is 1.91. The fraction of sp³-hybridized carbons (Fsp3) is 0.231. The number of phenols is 1. The summed E-state index contributed by atoms with van der Waals surface area (Å²) in [5, 5.41) is 20.9. The van der Waals surface area contributed by atoms with Gasteiger partial charge >= 0.3 is 12.1 Å². The molecular weight excluding hydrogens is 282 g/mol. The molecule has 0 aliphatic heterocycles. The summed E-state index contributed by atoms with van der Waals surface area (Å²) in [6, 6.07) is 4.02. The van der Waals surface area contributed by atoms with E-state index >= 15 is 0 Å². The highest BCUT2D eigenvalue weighted by atomic mass is 32.2. The second-order valence-electron chi connectivity index (χ2n) is 3.73.